The van der Waals surface area contributed by atoms with Gasteiger partial charge < -0.3 is 44.6 Å². The number of ether oxygens (including phenoxy) is 3. The lowest BCUT2D eigenvalue weighted by Crippen LogP contribution is -2.52. The van der Waals surface area contributed by atoms with Crippen molar-refractivity contribution in [3.63, 3.8) is 0 Å². The smallest absolute Gasteiger partial charge is 0.407 e. The summed E-state index contributed by atoms with van der Waals surface area (Å²) < 4.78 is 16.1. The van der Waals surface area contributed by atoms with E-state index in [2.05, 4.69) is 70.8 Å². The van der Waals surface area contributed by atoms with Crippen LogP contribution in [0.25, 0.3) is 44.2 Å². The molecule has 4 heterocycles. The van der Waals surface area contributed by atoms with Crippen molar-refractivity contribution in [1.82, 2.24) is 40.4 Å². The van der Waals surface area contributed by atoms with E-state index in [1.165, 1.54) is 14.2 Å². The molecule has 0 spiro atoms. The first-order valence-electron chi connectivity index (χ1n) is 21.9. The molecule has 4 amide bonds. The molecular formula is C47H60N8O7. The van der Waals surface area contributed by atoms with Crippen molar-refractivity contribution in [3.05, 3.63) is 65.9 Å². The minimum absolute atomic E-state index is 0.134. The van der Waals surface area contributed by atoms with Gasteiger partial charge in [-0.25, -0.2) is 19.6 Å². The Bertz CT molecular complexity index is 2460. The monoisotopic (exact) mass is 848 g/mol. The molecule has 5 aromatic rings. The number of likely N-dealkylation sites (tertiary alicyclic amines) is 1. The van der Waals surface area contributed by atoms with Crippen LogP contribution in [0.15, 0.2) is 48.7 Å². The largest absolute Gasteiger partial charge is 0.488 e. The fraction of sp³-hybridized carbons (Fsp3) is 0.489. The van der Waals surface area contributed by atoms with E-state index in [1.54, 1.807) is 4.90 Å². The number of fused-ring (bicyclic) bond motifs is 6. The van der Waals surface area contributed by atoms with Gasteiger partial charge in [-0.3, -0.25) is 9.59 Å². The Morgan fingerprint density at radius 1 is 0.919 bits per heavy atom. The molecule has 0 radical (unpaired) electrons. The highest BCUT2D eigenvalue weighted by atomic mass is 16.5. The fourth-order valence-electron chi connectivity index (χ4n) is 9.00. The molecular weight excluding hydrogens is 789 g/mol. The minimum atomic E-state index is -0.740. The van der Waals surface area contributed by atoms with E-state index in [9.17, 15) is 19.2 Å². The molecule has 15 nitrogen and oxygen atoms in total. The molecule has 3 aromatic carbocycles. The maximum Gasteiger partial charge on any atom is 0.407 e. The Balaban J connectivity index is 1.16. The molecule has 2 aromatic heterocycles. The lowest BCUT2D eigenvalue weighted by atomic mass is 9.92. The number of aromatic amines is 2. The molecule has 5 atom stereocenters. The molecule has 15 heteroatoms. The number of hydrogen-bond acceptors (Lipinski definition) is 9. The lowest BCUT2D eigenvalue weighted by molar-refractivity contribution is -0.137. The quantitative estimate of drug-likeness (QED) is 0.0852. The number of aromatic nitrogens is 4. The third-order valence-corrected chi connectivity index (χ3v) is 12.5. The summed E-state index contributed by atoms with van der Waals surface area (Å²) in [6, 6.07) is 12.6. The highest BCUT2D eigenvalue weighted by Crippen LogP contribution is 2.44. The Morgan fingerprint density at radius 3 is 2.31 bits per heavy atom. The number of alkyl carbamates (subject to hydrolysis) is 2. The van der Waals surface area contributed by atoms with E-state index in [1.807, 2.05) is 51.8 Å². The van der Waals surface area contributed by atoms with Crippen molar-refractivity contribution in [2.45, 2.75) is 105 Å². The Hall–Kier alpha value is -6.12. The maximum absolute atomic E-state index is 14.0. The summed E-state index contributed by atoms with van der Waals surface area (Å²) in [5.74, 6) is 1.87. The van der Waals surface area contributed by atoms with Crippen LogP contribution in [-0.2, 0) is 25.7 Å². The van der Waals surface area contributed by atoms with Crippen LogP contribution in [0.2, 0.25) is 0 Å². The van der Waals surface area contributed by atoms with Crippen LogP contribution >= 0.6 is 0 Å². The van der Waals surface area contributed by atoms with Crippen molar-refractivity contribution in [2.75, 3.05) is 27.3 Å². The summed E-state index contributed by atoms with van der Waals surface area (Å²) in [6.07, 6.45) is 3.75. The average Bonchev–Trinajstić information content (AvgIpc) is 4.05. The maximum atomic E-state index is 14.0. The standard InChI is InChI=1S/C47H60N8O7/c1-10-13-36(54(12-3)44(56)39(25(4)5)52-46(58)60-8)42-48-22-35(50-42)29-14-16-31-30(19-29)24-62-38-21-32-28(20-33(31)38)15-17-34-41(32)51-43(49-34)37-18-27(11-2)23-55(37)45(57)40(26(6)7)53-47(59)61-9/h14-17,19-22,25-27,36-37,39-40H,10-13,18,23-24H2,1-9H3,(H,48,50)(H,49,51)(H,52,58)(H,53,59)/t27-,36-,37-,39-,40-/m0/s1. The van der Waals surface area contributed by atoms with Crippen LogP contribution in [0.4, 0.5) is 9.59 Å². The summed E-state index contributed by atoms with van der Waals surface area (Å²) in [5, 5.41) is 7.43. The Morgan fingerprint density at radius 2 is 1.65 bits per heavy atom. The van der Waals surface area contributed by atoms with Crippen molar-refractivity contribution in [2.24, 2.45) is 17.8 Å². The molecule has 7 rings (SSSR count). The number of nitrogens with one attached hydrogen (secondary N) is 4. The summed E-state index contributed by atoms with van der Waals surface area (Å²) in [4.78, 5) is 72.9. The van der Waals surface area contributed by atoms with Gasteiger partial charge in [0.1, 0.15) is 36.1 Å². The number of nitrogens with zero attached hydrogens (tertiary/aromatic N) is 4. The topological polar surface area (TPSA) is 184 Å². The van der Waals surface area contributed by atoms with Gasteiger partial charge in [0.15, 0.2) is 0 Å². The molecule has 2 aliphatic heterocycles. The predicted molar refractivity (Wildman–Crippen MR) is 237 cm³/mol. The van der Waals surface area contributed by atoms with Gasteiger partial charge in [0, 0.05) is 24.0 Å². The number of H-pyrrole nitrogens is 2. The lowest BCUT2D eigenvalue weighted by Gasteiger charge is -2.34. The number of imidazole rings is 2. The van der Waals surface area contributed by atoms with Gasteiger partial charge in [-0.2, -0.15) is 0 Å². The third-order valence-electron chi connectivity index (χ3n) is 12.5. The van der Waals surface area contributed by atoms with E-state index in [4.69, 9.17) is 24.2 Å². The van der Waals surface area contributed by atoms with Crippen LogP contribution < -0.4 is 15.4 Å². The highest BCUT2D eigenvalue weighted by Gasteiger charge is 2.41. The third kappa shape index (κ3) is 8.53. The zero-order valence-corrected chi connectivity index (χ0v) is 37.3. The molecule has 4 N–H and O–H groups in total. The highest BCUT2D eigenvalue weighted by molar-refractivity contribution is 6.07. The van der Waals surface area contributed by atoms with E-state index in [0.717, 1.165) is 80.6 Å². The number of benzene rings is 3. The number of carbonyl (C=O) groups excluding carboxylic acids is 4. The summed E-state index contributed by atoms with van der Waals surface area (Å²) in [7, 11) is 2.59. The van der Waals surface area contributed by atoms with E-state index >= 15 is 0 Å². The normalized spacial score (nSPS) is 17.3. The van der Waals surface area contributed by atoms with Gasteiger partial charge in [-0.15, -0.1) is 0 Å². The van der Waals surface area contributed by atoms with Crippen LogP contribution in [0.1, 0.15) is 103 Å². The average molecular weight is 849 g/mol. The first-order chi connectivity index (χ1) is 29.8. The zero-order valence-electron chi connectivity index (χ0n) is 37.3. The molecule has 330 valence electrons. The number of hydrogen-bond donors (Lipinski definition) is 4. The van der Waals surface area contributed by atoms with Crippen LogP contribution in [0, 0.1) is 17.8 Å². The van der Waals surface area contributed by atoms with Crippen molar-refractivity contribution in [3.8, 4) is 28.1 Å². The second kappa shape index (κ2) is 18.5. The van der Waals surface area contributed by atoms with Gasteiger partial charge in [0.2, 0.25) is 11.8 Å². The molecule has 0 bridgehead atoms. The number of likely N-dealkylation sites (N-methyl/N-ethyl adjacent to an activating group) is 1. The molecule has 0 unspecified atom stereocenters. The predicted octanol–water partition coefficient (Wildman–Crippen LogP) is 8.42. The number of carbonyl (C=O) groups is 4. The SMILES string of the molecule is CCC[C@@H](c1ncc(-c2ccc3c(c2)COc2cc4c(ccc5[nH]c([C@@H]6C[C@H](CC)CN6C(=O)[C@@H](NC(=O)OC)C(C)C)nc54)cc2-3)[nH]1)N(CC)C(=O)[C@@H](NC(=O)OC)C(C)C. The van der Waals surface area contributed by atoms with Crippen molar-refractivity contribution < 1.29 is 33.4 Å². The Labute approximate surface area is 362 Å². The van der Waals surface area contributed by atoms with Gasteiger partial charge in [-0.05, 0) is 83.9 Å². The Kier molecular flexibility index (Phi) is 13.1. The first-order valence-corrected chi connectivity index (χ1v) is 21.9. The molecule has 0 aliphatic carbocycles. The van der Waals surface area contributed by atoms with Gasteiger partial charge in [-0.1, -0.05) is 72.6 Å². The molecule has 0 saturated carbocycles. The molecule has 2 aliphatic rings. The molecule has 1 saturated heterocycles. The summed E-state index contributed by atoms with van der Waals surface area (Å²) in [5.41, 5.74) is 6.56. The van der Waals surface area contributed by atoms with Crippen LogP contribution in [0.5, 0.6) is 5.75 Å². The fourth-order valence-corrected chi connectivity index (χ4v) is 9.00. The molecule has 1 fully saturated rings. The molecule has 62 heavy (non-hydrogen) atoms. The van der Waals surface area contributed by atoms with Gasteiger partial charge in [0.05, 0.1) is 49.2 Å². The number of methoxy groups -OCH3 is 2. The van der Waals surface area contributed by atoms with Crippen LogP contribution in [0.3, 0.4) is 0 Å². The number of rotatable bonds is 14. The van der Waals surface area contributed by atoms with E-state index in [-0.39, 0.29) is 35.7 Å². The second-order valence-corrected chi connectivity index (χ2v) is 17.2. The number of amides is 4. The van der Waals surface area contributed by atoms with E-state index < -0.39 is 24.3 Å². The summed E-state index contributed by atoms with van der Waals surface area (Å²) in [6.45, 7) is 15.2. The van der Waals surface area contributed by atoms with Gasteiger partial charge in [0.25, 0.3) is 0 Å². The second-order valence-electron chi connectivity index (χ2n) is 17.2. The van der Waals surface area contributed by atoms with E-state index in [0.29, 0.717) is 37.9 Å². The summed E-state index contributed by atoms with van der Waals surface area (Å²) >= 11 is 0. The first kappa shape index (κ1) is 44.0. The van der Waals surface area contributed by atoms with Crippen LogP contribution in [-0.4, -0.2) is 93.1 Å². The zero-order chi connectivity index (χ0) is 44.4. The van der Waals surface area contributed by atoms with Crippen molar-refractivity contribution in [1.29, 1.82) is 0 Å². The van der Waals surface area contributed by atoms with Crippen molar-refractivity contribution >= 4 is 45.8 Å². The van der Waals surface area contributed by atoms with Gasteiger partial charge >= 0.3 is 12.2 Å². The minimum Gasteiger partial charge on any atom is -0.488 e.